The van der Waals surface area contributed by atoms with E-state index in [1.54, 1.807) is 19.1 Å². The van der Waals surface area contributed by atoms with Gasteiger partial charge in [0.2, 0.25) is 0 Å². The predicted octanol–water partition coefficient (Wildman–Crippen LogP) is 1.46. The van der Waals surface area contributed by atoms with Crippen molar-refractivity contribution in [3.8, 4) is 0 Å². The first kappa shape index (κ1) is 14.9. The van der Waals surface area contributed by atoms with Crippen molar-refractivity contribution in [1.82, 2.24) is 9.80 Å². The van der Waals surface area contributed by atoms with Crippen molar-refractivity contribution in [3.63, 3.8) is 0 Å². The summed E-state index contributed by atoms with van der Waals surface area (Å²) in [5, 5.41) is 9.64. The van der Waals surface area contributed by atoms with Crippen LogP contribution < -0.4 is 0 Å². The third-order valence-electron chi connectivity index (χ3n) is 4.12. The van der Waals surface area contributed by atoms with E-state index in [1.165, 1.54) is 12.1 Å². The highest BCUT2D eigenvalue weighted by atomic mass is 19.1. The Bertz CT molecular complexity index is 469. The number of nitrogens with zero attached hydrogens (tertiary/aromatic N) is 2. The lowest BCUT2D eigenvalue weighted by Crippen LogP contribution is -2.59. The van der Waals surface area contributed by atoms with Gasteiger partial charge >= 0.3 is 5.97 Å². The fourth-order valence-corrected chi connectivity index (χ4v) is 2.62. The minimum Gasteiger partial charge on any atom is -0.480 e. The fraction of sp³-hybridized carbons (Fsp3) is 0.533. The smallest absolute Gasteiger partial charge is 0.324 e. The molecule has 1 N–H and O–H groups in total. The number of hydrogen-bond acceptors (Lipinski definition) is 3. The molecule has 0 bridgehead atoms. The molecule has 4 nitrogen and oxygen atoms in total. The lowest BCUT2D eigenvalue weighted by atomic mass is 9.90. The number of likely N-dealkylation sites (N-methyl/N-ethyl adjacent to an activating group) is 1. The monoisotopic (exact) mass is 280 g/mol. The van der Waals surface area contributed by atoms with Gasteiger partial charge < -0.3 is 10.0 Å². The molecule has 0 aliphatic carbocycles. The summed E-state index contributed by atoms with van der Waals surface area (Å²) in [5.74, 6) is -1.13. The number of hydrogen-bond donors (Lipinski definition) is 1. The maximum Gasteiger partial charge on any atom is 0.324 e. The predicted molar refractivity (Wildman–Crippen MR) is 75.2 cm³/mol. The molecule has 1 saturated heterocycles. The van der Waals surface area contributed by atoms with Gasteiger partial charge in [0.25, 0.3) is 0 Å². The lowest BCUT2D eigenvalue weighted by Gasteiger charge is -2.42. The van der Waals surface area contributed by atoms with Gasteiger partial charge in [-0.3, -0.25) is 9.69 Å². The molecule has 1 atom stereocenters. The Morgan fingerprint density at radius 2 is 1.80 bits per heavy atom. The summed E-state index contributed by atoms with van der Waals surface area (Å²) in [7, 11) is 2.04. The molecule has 1 fully saturated rings. The van der Waals surface area contributed by atoms with Crippen molar-refractivity contribution < 1.29 is 14.3 Å². The summed E-state index contributed by atoms with van der Waals surface area (Å²) in [5.41, 5.74) is -0.103. The van der Waals surface area contributed by atoms with E-state index >= 15 is 0 Å². The molecule has 5 heteroatoms. The molecule has 0 spiro atoms. The van der Waals surface area contributed by atoms with Crippen molar-refractivity contribution in [3.05, 3.63) is 35.6 Å². The highest BCUT2D eigenvalue weighted by molar-refractivity contribution is 5.78. The Balaban J connectivity index is 2.16. The quantitative estimate of drug-likeness (QED) is 0.907. The number of halogens is 1. The van der Waals surface area contributed by atoms with Crippen LogP contribution in [0.5, 0.6) is 0 Å². The molecule has 1 heterocycles. The molecule has 0 saturated carbocycles. The van der Waals surface area contributed by atoms with E-state index in [-0.39, 0.29) is 5.82 Å². The van der Waals surface area contributed by atoms with Crippen LogP contribution in [0.4, 0.5) is 4.39 Å². The van der Waals surface area contributed by atoms with E-state index in [1.807, 2.05) is 11.9 Å². The summed E-state index contributed by atoms with van der Waals surface area (Å²) < 4.78 is 12.9. The van der Waals surface area contributed by atoms with E-state index < -0.39 is 11.5 Å². The fourth-order valence-electron chi connectivity index (χ4n) is 2.62. The number of aliphatic carboxylic acids is 1. The zero-order valence-electron chi connectivity index (χ0n) is 12.0. The molecular formula is C15H21FN2O2. The molecule has 0 amide bonds. The van der Waals surface area contributed by atoms with Crippen LogP contribution in [-0.2, 0) is 11.2 Å². The minimum atomic E-state index is -0.945. The number of carboxylic acids is 1. The van der Waals surface area contributed by atoms with Gasteiger partial charge in [-0.05, 0) is 31.7 Å². The highest BCUT2D eigenvalue weighted by Crippen LogP contribution is 2.23. The van der Waals surface area contributed by atoms with Crippen LogP contribution >= 0.6 is 0 Å². The SMILES string of the molecule is CN1CCN(C(C)(Cc2ccc(F)cc2)C(=O)O)CC1. The van der Waals surface area contributed by atoms with Crippen molar-refractivity contribution >= 4 is 5.97 Å². The first-order valence-corrected chi connectivity index (χ1v) is 6.83. The summed E-state index contributed by atoms with van der Waals surface area (Å²) >= 11 is 0. The summed E-state index contributed by atoms with van der Waals surface area (Å²) in [6.45, 7) is 4.96. The molecule has 1 aliphatic rings. The third kappa shape index (κ3) is 3.16. The molecule has 20 heavy (non-hydrogen) atoms. The van der Waals surface area contributed by atoms with E-state index in [0.717, 1.165) is 31.7 Å². The number of rotatable bonds is 4. The summed E-state index contributed by atoms with van der Waals surface area (Å²) in [4.78, 5) is 15.9. The van der Waals surface area contributed by atoms with Gasteiger partial charge in [-0.1, -0.05) is 12.1 Å². The zero-order valence-corrected chi connectivity index (χ0v) is 12.0. The zero-order chi connectivity index (χ0) is 14.8. The Morgan fingerprint density at radius 1 is 1.25 bits per heavy atom. The van der Waals surface area contributed by atoms with Crippen LogP contribution in [0.2, 0.25) is 0 Å². The van der Waals surface area contributed by atoms with Crippen LogP contribution in [-0.4, -0.2) is 59.6 Å². The maximum absolute atomic E-state index is 12.9. The number of piperazine rings is 1. The van der Waals surface area contributed by atoms with Crippen LogP contribution in [0.3, 0.4) is 0 Å². The second-order valence-corrected chi connectivity index (χ2v) is 5.67. The molecular weight excluding hydrogens is 259 g/mol. The van der Waals surface area contributed by atoms with Crippen LogP contribution in [0.25, 0.3) is 0 Å². The van der Waals surface area contributed by atoms with Crippen molar-refractivity contribution in [2.75, 3.05) is 33.2 Å². The van der Waals surface area contributed by atoms with Crippen LogP contribution in [0, 0.1) is 5.82 Å². The van der Waals surface area contributed by atoms with Gasteiger partial charge in [-0.25, -0.2) is 4.39 Å². The van der Waals surface area contributed by atoms with Gasteiger partial charge in [-0.15, -0.1) is 0 Å². The topological polar surface area (TPSA) is 43.8 Å². The third-order valence-corrected chi connectivity index (χ3v) is 4.12. The second-order valence-electron chi connectivity index (χ2n) is 5.67. The Labute approximate surface area is 118 Å². The molecule has 110 valence electrons. The normalized spacial score (nSPS) is 20.6. The van der Waals surface area contributed by atoms with E-state index in [2.05, 4.69) is 4.90 Å². The molecule has 0 aromatic heterocycles. The van der Waals surface area contributed by atoms with Crippen LogP contribution in [0.15, 0.2) is 24.3 Å². The van der Waals surface area contributed by atoms with E-state index in [9.17, 15) is 14.3 Å². The van der Waals surface area contributed by atoms with E-state index in [0.29, 0.717) is 6.42 Å². The van der Waals surface area contributed by atoms with Gasteiger partial charge in [0.15, 0.2) is 0 Å². The van der Waals surface area contributed by atoms with Gasteiger partial charge in [0.05, 0.1) is 0 Å². The highest BCUT2D eigenvalue weighted by Gasteiger charge is 2.40. The molecule has 0 radical (unpaired) electrons. The average Bonchev–Trinajstić information content (AvgIpc) is 2.42. The van der Waals surface area contributed by atoms with Crippen molar-refractivity contribution in [2.24, 2.45) is 0 Å². The molecule has 1 aromatic carbocycles. The average molecular weight is 280 g/mol. The van der Waals surface area contributed by atoms with Gasteiger partial charge in [0, 0.05) is 32.6 Å². The van der Waals surface area contributed by atoms with Crippen molar-refractivity contribution in [2.45, 2.75) is 18.9 Å². The van der Waals surface area contributed by atoms with Gasteiger partial charge in [0.1, 0.15) is 11.4 Å². The molecule has 1 unspecified atom stereocenters. The standard InChI is InChI=1S/C15H21FN2O2/c1-15(14(19)20,18-9-7-17(2)8-10-18)11-12-3-5-13(16)6-4-12/h3-6H,7-11H2,1-2H3,(H,19,20). The number of carbonyl (C=O) groups is 1. The number of carboxylic acid groups (broad SMARTS) is 1. The summed E-state index contributed by atoms with van der Waals surface area (Å²) in [6.07, 6.45) is 0.381. The second kappa shape index (κ2) is 5.89. The van der Waals surface area contributed by atoms with Crippen molar-refractivity contribution in [1.29, 1.82) is 0 Å². The van der Waals surface area contributed by atoms with Crippen LogP contribution in [0.1, 0.15) is 12.5 Å². The first-order valence-electron chi connectivity index (χ1n) is 6.83. The summed E-state index contributed by atoms with van der Waals surface area (Å²) in [6, 6.07) is 6.07. The van der Waals surface area contributed by atoms with E-state index in [4.69, 9.17) is 0 Å². The Kier molecular flexibility index (Phi) is 4.40. The lowest BCUT2D eigenvalue weighted by molar-refractivity contribution is -0.151. The van der Waals surface area contributed by atoms with Gasteiger partial charge in [-0.2, -0.15) is 0 Å². The molecule has 2 rings (SSSR count). The Hall–Kier alpha value is -1.46. The number of benzene rings is 1. The largest absolute Gasteiger partial charge is 0.480 e. The maximum atomic E-state index is 12.9. The first-order chi connectivity index (χ1) is 9.41. The molecule has 1 aliphatic heterocycles. The minimum absolute atomic E-state index is 0.301. The molecule has 1 aromatic rings. The Morgan fingerprint density at radius 3 is 2.30 bits per heavy atom.